The highest BCUT2D eigenvalue weighted by molar-refractivity contribution is 5.96. The first-order valence-electron chi connectivity index (χ1n) is 9.59. The molecule has 0 radical (unpaired) electrons. The van der Waals surface area contributed by atoms with E-state index in [2.05, 4.69) is 24.5 Å². The molecule has 1 aromatic rings. The zero-order valence-electron chi connectivity index (χ0n) is 16.4. The molecule has 0 spiro atoms. The van der Waals surface area contributed by atoms with Crippen LogP contribution in [0.25, 0.3) is 0 Å². The first-order chi connectivity index (χ1) is 11.9. The van der Waals surface area contributed by atoms with Gasteiger partial charge in [-0.1, -0.05) is 40.5 Å². The van der Waals surface area contributed by atoms with E-state index in [1.165, 1.54) is 6.42 Å². The van der Waals surface area contributed by atoms with Gasteiger partial charge in [0.25, 0.3) is 5.91 Å². The van der Waals surface area contributed by atoms with Gasteiger partial charge in [-0.15, -0.1) is 0 Å². The van der Waals surface area contributed by atoms with Crippen molar-refractivity contribution in [3.63, 3.8) is 0 Å². The lowest BCUT2D eigenvalue weighted by molar-refractivity contribution is -0.120. The standard InChI is InChI=1S/C21H34N2O2/c1-6-17(7-2)20(24)23-19-13-11-18(12-14-19)21(25)22-16(5)10-8-9-15(3)4/h11-17H,6-10H2,1-5H3,(H,22,25)(H,23,24). The second-order valence-electron chi connectivity index (χ2n) is 7.28. The van der Waals surface area contributed by atoms with Crippen LogP contribution in [0.4, 0.5) is 5.69 Å². The molecule has 0 heterocycles. The third-order valence-corrected chi connectivity index (χ3v) is 4.57. The van der Waals surface area contributed by atoms with Gasteiger partial charge in [0, 0.05) is 23.2 Å². The first-order valence-corrected chi connectivity index (χ1v) is 9.59. The molecule has 0 aliphatic carbocycles. The Kier molecular flexibility index (Phi) is 9.25. The highest BCUT2D eigenvalue weighted by Crippen LogP contribution is 2.15. The highest BCUT2D eigenvalue weighted by Gasteiger charge is 2.14. The summed E-state index contributed by atoms with van der Waals surface area (Å²) >= 11 is 0. The number of carbonyl (C=O) groups is 2. The molecule has 0 aliphatic rings. The van der Waals surface area contributed by atoms with Gasteiger partial charge < -0.3 is 10.6 Å². The second-order valence-corrected chi connectivity index (χ2v) is 7.28. The van der Waals surface area contributed by atoms with Crippen LogP contribution in [0, 0.1) is 11.8 Å². The van der Waals surface area contributed by atoms with Gasteiger partial charge >= 0.3 is 0 Å². The van der Waals surface area contributed by atoms with Gasteiger partial charge in [-0.25, -0.2) is 0 Å². The molecule has 0 aromatic heterocycles. The topological polar surface area (TPSA) is 58.2 Å². The van der Waals surface area contributed by atoms with Gasteiger partial charge in [0.2, 0.25) is 5.91 Å². The highest BCUT2D eigenvalue weighted by atomic mass is 16.2. The molecule has 0 bridgehead atoms. The summed E-state index contributed by atoms with van der Waals surface area (Å²) in [6, 6.07) is 7.27. The van der Waals surface area contributed by atoms with Crippen LogP contribution in [0.2, 0.25) is 0 Å². The van der Waals surface area contributed by atoms with E-state index in [1.54, 1.807) is 24.3 Å². The summed E-state index contributed by atoms with van der Waals surface area (Å²) < 4.78 is 0. The number of anilines is 1. The van der Waals surface area contributed by atoms with Crippen LogP contribution >= 0.6 is 0 Å². The van der Waals surface area contributed by atoms with E-state index in [1.807, 2.05) is 20.8 Å². The second kappa shape index (κ2) is 10.9. The lowest BCUT2D eigenvalue weighted by atomic mass is 10.0. The molecule has 0 saturated carbocycles. The Morgan fingerprint density at radius 1 is 0.960 bits per heavy atom. The molecule has 1 unspecified atom stereocenters. The molecule has 0 aliphatic heterocycles. The number of amides is 2. The fraction of sp³-hybridized carbons (Fsp3) is 0.619. The number of hydrogen-bond donors (Lipinski definition) is 2. The third-order valence-electron chi connectivity index (χ3n) is 4.57. The first kappa shape index (κ1) is 21.2. The zero-order chi connectivity index (χ0) is 18.8. The molecule has 0 saturated heterocycles. The molecule has 2 N–H and O–H groups in total. The fourth-order valence-electron chi connectivity index (χ4n) is 2.82. The molecule has 25 heavy (non-hydrogen) atoms. The Morgan fingerprint density at radius 2 is 1.56 bits per heavy atom. The van der Waals surface area contributed by atoms with Crippen LogP contribution in [-0.4, -0.2) is 17.9 Å². The Hall–Kier alpha value is -1.84. The number of benzene rings is 1. The average Bonchev–Trinajstić information content (AvgIpc) is 2.56. The van der Waals surface area contributed by atoms with Crippen LogP contribution in [0.1, 0.15) is 77.1 Å². The van der Waals surface area contributed by atoms with Crippen molar-refractivity contribution in [2.24, 2.45) is 11.8 Å². The van der Waals surface area contributed by atoms with Crippen molar-refractivity contribution in [1.82, 2.24) is 5.32 Å². The van der Waals surface area contributed by atoms with Crippen molar-refractivity contribution in [3.8, 4) is 0 Å². The molecule has 4 heteroatoms. The molecule has 1 aromatic carbocycles. The van der Waals surface area contributed by atoms with Crippen LogP contribution in [0.5, 0.6) is 0 Å². The average molecular weight is 347 g/mol. The van der Waals surface area contributed by atoms with Gasteiger partial charge in [-0.2, -0.15) is 0 Å². The molecular formula is C21H34N2O2. The number of nitrogens with one attached hydrogen (secondary N) is 2. The van der Waals surface area contributed by atoms with Crippen molar-refractivity contribution in [1.29, 1.82) is 0 Å². The van der Waals surface area contributed by atoms with Crippen molar-refractivity contribution in [2.75, 3.05) is 5.32 Å². The molecule has 2 amide bonds. The van der Waals surface area contributed by atoms with Gasteiger partial charge in [0.15, 0.2) is 0 Å². The summed E-state index contributed by atoms with van der Waals surface area (Å²) in [5, 5.41) is 5.96. The number of hydrogen-bond acceptors (Lipinski definition) is 2. The van der Waals surface area contributed by atoms with Crippen molar-refractivity contribution in [2.45, 2.75) is 72.8 Å². The smallest absolute Gasteiger partial charge is 0.251 e. The Morgan fingerprint density at radius 3 is 2.08 bits per heavy atom. The predicted molar refractivity (Wildman–Crippen MR) is 105 cm³/mol. The molecule has 4 nitrogen and oxygen atoms in total. The maximum Gasteiger partial charge on any atom is 0.251 e. The van der Waals surface area contributed by atoms with Gasteiger partial charge in [-0.05, 0) is 56.4 Å². The van der Waals surface area contributed by atoms with Crippen LogP contribution in [0.15, 0.2) is 24.3 Å². The summed E-state index contributed by atoms with van der Waals surface area (Å²) in [7, 11) is 0. The van der Waals surface area contributed by atoms with Gasteiger partial charge in [0.1, 0.15) is 0 Å². The van der Waals surface area contributed by atoms with Crippen molar-refractivity contribution < 1.29 is 9.59 Å². The summed E-state index contributed by atoms with van der Waals surface area (Å²) in [6.45, 7) is 10.5. The van der Waals surface area contributed by atoms with Gasteiger partial charge in [-0.3, -0.25) is 9.59 Å². The van der Waals surface area contributed by atoms with Crippen LogP contribution in [0.3, 0.4) is 0 Å². The Balaban J connectivity index is 2.52. The van der Waals surface area contributed by atoms with Gasteiger partial charge in [0.05, 0.1) is 0 Å². The minimum Gasteiger partial charge on any atom is -0.350 e. The largest absolute Gasteiger partial charge is 0.350 e. The molecule has 1 atom stereocenters. The fourth-order valence-corrected chi connectivity index (χ4v) is 2.82. The lowest BCUT2D eigenvalue weighted by Gasteiger charge is -2.15. The predicted octanol–water partition coefficient (Wildman–Crippen LogP) is 5.01. The minimum atomic E-state index is -0.0603. The van der Waals surface area contributed by atoms with Crippen LogP contribution < -0.4 is 10.6 Å². The minimum absolute atomic E-state index is 0.0367. The maximum absolute atomic E-state index is 12.3. The Labute approximate surface area is 152 Å². The van der Waals surface area contributed by atoms with Crippen LogP contribution in [-0.2, 0) is 4.79 Å². The lowest BCUT2D eigenvalue weighted by Crippen LogP contribution is -2.32. The van der Waals surface area contributed by atoms with E-state index < -0.39 is 0 Å². The van der Waals surface area contributed by atoms with E-state index in [4.69, 9.17) is 0 Å². The van der Waals surface area contributed by atoms with E-state index in [0.29, 0.717) is 11.5 Å². The molecule has 1 rings (SSSR count). The summed E-state index contributed by atoms with van der Waals surface area (Å²) in [5.41, 5.74) is 1.36. The van der Waals surface area contributed by atoms with E-state index in [9.17, 15) is 9.59 Å². The quantitative estimate of drug-likeness (QED) is 0.626. The third kappa shape index (κ3) is 7.72. The van der Waals surface area contributed by atoms with Crippen molar-refractivity contribution >= 4 is 17.5 Å². The summed E-state index contributed by atoms with van der Waals surface area (Å²) in [4.78, 5) is 24.4. The zero-order valence-corrected chi connectivity index (χ0v) is 16.4. The van der Waals surface area contributed by atoms with E-state index in [-0.39, 0.29) is 23.8 Å². The summed E-state index contributed by atoms with van der Waals surface area (Å²) in [6.07, 6.45) is 4.97. The van der Waals surface area contributed by atoms with Crippen molar-refractivity contribution in [3.05, 3.63) is 29.8 Å². The molecule has 140 valence electrons. The van der Waals surface area contributed by atoms with E-state index >= 15 is 0 Å². The SMILES string of the molecule is CCC(CC)C(=O)Nc1ccc(C(=O)NC(C)CCCC(C)C)cc1. The normalized spacial score (nSPS) is 12.3. The Bertz CT molecular complexity index is 533. The maximum atomic E-state index is 12.3. The summed E-state index contributed by atoms with van der Waals surface area (Å²) in [5.74, 6) is 0.719. The number of carbonyl (C=O) groups excluding carboxylic acids is 2. The molecule has 0 fully saturated rings. The number of rotatable bonds is 10. The molecular weight excluding hydrogens is 312 g/mol. The van der Waals surface area contributed by atoms with E-state index in [0.717, 1.165) is 31.4 Å². The monoisotopic (exact) mass is 346 g/mol.